The van der Waals surface area contributed by atoms with Crippen LogP contribution in [0.4, 0.5) is 0 Å². The predicted octanol–water partition coefficient (Wildman–Crippen LogP) is 4.49. The van der Waals surface area contributed by atoms with Crippen LogP contribution in [0.2, 0.25) is 0 Å². The van der Waals surface area contributed by atoms with Gasteiger partial charge >= 0.3 is 0 Å². The number of carbonyl (C=O) groups excluding carboxylic acids is 1. The Morgan fingerprint density at radius 1 is 1.11 bits per heavy atom. The lowest BCUT2D eigenvalue weighted by Crippen LogP contribution is -2.28. The first-order valence-corrected chi connectivity index (χ1v) is 8.53. The van der Waals surface area contributed by atoms with Crippen molar-refractivity contribution in [3.63, 3.8) is 0 Å². The van der Waals surface area contributed by atoms with E-state index in [-0.39, 0.29) is 11.5 Å². The van der Waals surface area contributed by atoms with Crippen LogP contribution in [-0.2, 0) is 0 Å². The Balaban J connectivity index is 1.94. The highest BCUT2D eigenvalue weighted by Crippen LogP contribution is 2.40. The largest absolute Gasteiger partial charge is 0.504 e. The van der Waals surface area contributed by atoms with Crippen molar-refractivity contribution >= 4 is 17.9 Å². The number of methoxy groups -OCH3 is 2. The van der Waals surface area contributed by atoms with Crippen molar-refractivity contribution in [3.8, 4) is 23.0 Å². The molecule has 3 rings (SSSR count). The molecule has 0 aliphatic carbocycles. The SMILES string of the molecule is COc1ccc(/C=C/C(=O)c2ccc(OC)c3c2OC(C)(C)C=C3)cc1O. The zero-order valence-electron chi connectivity index (χ0n) is 15.8. The van der Waals surface area contributed by atoms with Crippen LogP contribution in [0.25, 0.3) is 12.2 Å². The van der Waals surface area contributed by atoms with Gasteiger partial charge in [-0.1, -0.05) is 12.1 Å². The van der Waals surface area contributed by atoms with E-state index in [4.69, 9.17) is 14.2 Å². The molecule has 0 saturated heterocycles. The molecule has 1 aliphatic heterocycles. The Labute approximate surface area is 158 Å². The van der Waals surface area contributed by atoms with Gasteiger partial charge < -0.3 is 19.3 Å². The second-order valence-electron chi connectivity index (χ2n) is 6.73. The summed E-state index contributed by atoms with van der Waals surface area (Å²) in [5.41, 5.74) is 1.38. The molecule has 0 spiro atoms. The molecule has 0 bridgehead atoms. The summed E-state index contributed by atoms with van der Waals surface area (Å²) in [6, 6.07) is 8.39. The molecular formula is C22H22O5. The molecule has 2 aromatic rings. The molecule has 0 unspecified atom stereocenters. The van der Waals surface area contributed by atoms with E-state index in [1.165, 1.54) is 19.3 Å². The highest BCUT2D eigenvalue weighted by molar-refractivity contribution is 6.09. The summed E-state index contributed by atoms with van der Waals surface area (Å²) in [5.74, 6) is 1.36. The number of rotatable bonds is 5. The van der Waals surface area contributed by atoms with Crippen LogP contribution in [0, 0.1) is 0 Å². The minimum atomic E-state index is -0.514. The summed E-state index contributed by atoms with van der Waals surface area (Å²) in [6.45, 7) is 3.85. The normalized spacial score (nSPS) is 14.5. The number of phenols is 1. The number of ether oxygens (including phenoxy) is 3. The third-order valence-corrected chi connectivity index (χ3v) is 4.29. The molecule has 1 aliphatic rings. The summed E-state index contributed by atoms with van der Waals surface area (Å²) in [6.07, 6.45) is 6.95. The van der Waals surface area contributed by atoms with Crippen LogP contribution in [0.1, 0.15) is 35.3 Å². The number of hydrogen-bond donors (Lipinski definition) is 1. The maximum Gasteiger partial charge on any atom is 0.189 e. The lowest BCUT2D eigenvalue weighted by molar-refractivity contribution is 0.103. The Morgan fingerprint density at radius 3 is 2.48 bits per heavy atom. The third kappa shape index (κ3) is 3.82. The first-order valence-electron chi connectivity index (χ1n) is 8.53. The van der Waals surface area contributed by atoms with E-state index in [0.29, 0.717) is 28.4 Å². The van der Waals surface area contributed by atoms with E-state index < -0.39 is 5.60 Å². The first-order chi connectivity index (χ1) is 12.8. The van der Waals surface area contributed by atoms with Gasteiger partial charge in [0.2, 0.25) is 0 Å². The van der Waals surface area contributed by atoms with Crippen molar-refractivity contribution in [2.45, 2.75) is 19.4 Å². The molecule has 5 nitrogen and oxygen atoms in total. The molecule has 140 valence electrons. The maximum absolute atomic E-state index is 12.8. The molecule has 0 aromatic heterocycles. The Morgan fingerprint density at radius 2 is 1.81 bits per heavy atom. The van der Waals surface area contributed by atoms with Gasteiger partial charge in [0.15, 0.2) is 17.3 Å². The number of phenolic OH excluding ortho intramolecular Hbond substituents is 1. The summed E-state index contributed by atoms with van der Waals surface area (Å²) in [5, 5.41) is 9.86. The lowest BCUT2D eigenvalue weighted by atomic mass is 9.97. The number of aromatic hydroxyl groups is 1. The molecule has 1 N–H and O–H groups in total. The number of carbonyl (C=O) groups is 1. The third-order valence-electron chi connectivity index (χ3n) is 4.29. The van der Waals surface area contributed by atoms with Crippen LogP contribution in [0.15, 0.2) is 42.5 Å². The van der Waals surface area contributed by atoms with Crippen molar-refractivity contribution in [1.82, 2.24) is 0 Å². The molecule has 27 heavy (non-hydrogen) atoms. The number of allylic oxidation sites excluding steroid dienone is 1. The van der Waals surface area contributed by atoms with Gasteiger partial charge in [-0.25, -0.2) is 0 Å². The molecule has 1 heterocycles. The molecule has 0 fully saturated rings. The molecule has 0 radical (unpaired) electrons. The van der Waals surface area contributed by atoms with Crippen LogP contribution in [0.3, 0.4) is 0 Å². The Hall–Kier alpha value is -3.21. The average molecular weight is 366 g/mol. The maximum atomic E-state index is 12.8. The predicted molar refractivity (Wildman–Crippen MR) is 105 cm³/mol. The van der Waals surface area contributed by atoms with E-state index in [1.54, 1.807) is 37.5 Å². The highest BCUT2D eigenvalue weighted by atomic mass is 16.5. The first kappa shape index (κ1) is 18.6. The van der Waals surface area contributed by atoms with Gasteiger partial charge in [-0.05, 0) is 61.9 Å². The van der Waals surface area contributed by atoms with Gasteiger partial charge in [0.1, 0.15) is 17.1 Å². The number of benzene rings is 2. The van der Waals surface area contributed by atoms with E-state index in [9.17, 15) is 9.90 Å². The molecular weight excluding hydrogens is 344 g/mol. The fourth-order valence-corrected chi connectivity index (χ4v) is 2.87. The van der Waals surface area contributed by atoms with Crippen LogP contribution < -0.4 is 14.2 Å². The minimum Gasteiger partial charge on any atom is -0.504 e. The van der Waals surface area contributed by atoms with Gasteiger partial charge in [-0.15, -0.1) is 0 Å². The van der Waals surface area contributed by atoms with E-state index in [0.717, 1.165) is 5.56 Å². The van der Waals surface area contributed by atoms with Crippen molar-refractivity contribution < 1.29 is 24.1 Å². The number of hydrogen-bond acceptors (Lipinski definition) is 5. The van der Waals surface area contributed by atoms with Gasteiger partial charge in [0.25, 0.3) is 0 Å². The zero-order valence-corrected chi connectivity index (χ0v) is 15.8. The summed E-state index contributed by atoms with van der Waals surface area (Å²) < 4.78 is 16.4. The second kappa shape index (κ2) is 7.19. The Kier molecular flexibility index (Phi) is 4.95. The minimum absolute atomic E-state index is 0.0177. The van der Waals surface area contributed by atoms with Crippen LogP contribution in [0.5, 0.6) is 23.0 Å². The van der Waals surface area contributed by atoms with Crippen molar-refractivity contribution in [3.05, 3.63) is 59.2 Å². The fraction of sp³-hybridized carbons (Fsp3) is 0.227. The zero-order chi connectivity index (χ0) is 19.6. The lowest BCUT2D eigenvalue weighted by Gasteiger charge is -2.29. The van der Waals surface area contributed by atoms with E-state index in [1.807, 2.05) is 26.0 Å². The molecule has 2 aromatic carbocycles. The summed E-state index contributed by atoms with van der Waals surface area (Å²) >= 11 is 0. The summed E-state index contributed by atoms with van der Waals surface area (Å²) in [7, 11) is 3.07. The monoisotopic (exact) mass is 366 g/mol. The summed E-state index contributed by atoms with van der Waals surface area (Å²) in [4.78, 5) is 12.8. The van der Waals surface area contributed by atoms with Gasteiger partial charge in [0.05, 0.1) is 25.3 Å². The van der Waals surface area contributed by atoms with Crippen molar-refractivity contribution in [2.75, 3.05) is 14.2 Å². The van der Waals surface area contributed by atoms with Crippen molar-refractivity contribution in [2.24, 2.45) is 0 Å². The molecule has 0 atom stereocenters. The second-order valence-corrected chi connectivity index (χ2v) is 6.73. The Bertz CT molecular complexity index is 938. The van der Waals surface area contributed by atoms with E-state index >= 15 is 0 Å². The molecule has 0 saturated carbocycles. The number of ketones is 1. The van der Waals surface area contributed by atoms with Gasteiger partial charge in [-0.2, -0.15) is 0 Å². The smallest absolute Gasteiger partial charge is 0.189 e. The average Bonchev–Trinajstić information content (AvgIpc) is 2.64. The fourth-order valence-electron chi connectivity index (χ4n) is 2.87. The highest BCUT2D eigenvalue weighted by Gasteiger charge is 2.27. The van der Waals surface area contributed by atoms with Gasteiger partial charge in [-0.3, -0.25) is 4.79 Å². The molecule has 0 amide bonds. The van der Waals surface area contributed by atoms with Gasteiger partial charge in [0, 0.05) is 0 Å². The number of fused-ring (bicyclic) bond motifs is 1. The molecule has 5 heteroatoms. The van der Waals surface area contributed by atoms with Crippen LogP contribution in [-0.4, -0.2) is 30.7 Å². The quantitative estimate of drug-likeness (QED) is 0.624. The topological polar surface area (TPSA) is 65.0 Å². The standard InChI is InChI=1S/C22H22O5/c1-22(2)12-11-16-19(25-3)10-7-15(21(16)27-22)17(23)8-5-14-6-9-20(26-4)18(24)13-14/h5-13,24H,1-4H3/b8-5+. The van der Waals surface area contributed by atoms with Crippen LogP contribution >= 0.6 is 0 Å². The van der Waals surface area contributed by atoms with E-state index in [2.05, 4.69) is 0 Å². The van der Waals surface area contributed by atoms with Crippen molar-refractivity contribution in [1.29, 1.82) is 0 Å².